The summed E-state index contributed by atoms with van der Waals surface area (Å²) in [5.74, 6) is 0.805. The molecule has 0 spiro atoms. The second-order valence-corrected chi connectivity index (χ2v) is 5.36. The first-order valence-corrected chi connectivity index (χ1v) is 6.66. The summed E-state index contributed by atoms with van der Waals surface area (Å²) in [4.78, 5) is 6.13. The third kappa shape index (κ3) is 1.35. The Morgan fingerprint density at radius 1 is 1.18 bits per heavy atom. The average Bonchev–Trinajstić information content (AvgIpc) is 3.00. The lowest BCUT2D eigenvalue weighted by Gasteiger charge is -2.08. The van der Waals surface area contributed by atoms with E-state index in [2.05, 4.69) is 23.6 Å². The molecule has 0 unspecified atom stereocenters. The highest BCUT2D eigenvalue weighted by Crippen LogP contribution is 2.43. The van der Waals surface area contributed by atoms with Crippen LogP contribution in [0.1, 0.15) is 22.0 Å². The van der Waals surface area contributed by atoms with Gasteiger partial charge >= 0.3 is 0 Å². The van der Waals surface area contributed by atoms with Crippen molar-refractivity contribution >= 4 is 17.2 Å². The number of thiophene rings is 1. The number of rotatable bonds is 1. The number of fused-ring (bicyclic) bond motifs is 3. The molecule has 0 amide bonds. The highest BCUT2D eigenvalue weighted by molar-refractivity contribution is 7.10. The molecular formula is C14H11NOS. The Kier molecular flexibility index (Phi) is 1.91. The van der Waals surface area contributed by atoms with Crippen molar-refractivity contribution in [2.24, 2.45) is 4.99 Å². The Balaban J connectivity index is 1.73. The van der Waals surface area contributed by atoms with E-state index in [0.29, 0.717) is 0 Å². The minimum atomic E-state index is 0.229. The summed E-state index contributed by atoms with van der Waals surface area (Å²) in [7, 11) is 0. The molecular weight excluding hydrogens is 230 g/mol. The van der Waals surface area contributed by atoms with Gasteiger partial charge in [0, 0.05) is 16.9 Å². The topological polar surface area (TPSA) is 21.6 Å². The van der Waals surface area contributed by atoms with Gasteiger partial charge in [-0.15, -0.1) is 11.3 Å². The van der Waals surface area contributed by atoms with Crippen molar-refractivity contribution in [2.45, 2.75) is 18.6 Å². The molecule has 1 aromatic carbocycles. The summed E-state index contributed by atoms with van der Waals surface area (Å²) in [6.45, 7) is 0. The third-order valence-electron chi connectivity index (χ3n) is 3.36. The molecule has 1 aliphatic heterocycles. The van der Waals surface area contributed by atoms with Crippen LogP contribution in [0.25, 0.3) is 0 Å². The first-order valence-electron chi connectivity index (χ1n) is 5.78. The second kappa shape index (κ2) is 3.44. The van der Waals surface area contributed by atoms with Gasteiger partial charge in [-0.3, -0.25) is 0 Å². The maximum Gasteiger partial charge on any atom is 0.217 e. The highest BCUT2D eigenvalue weighted by atomic mass is 32.1. The number of benzene rings is 1. The van der Waals surface area contributed by atoms with Gasteiger partial charge in [0.05, 0.1) is 0 Å². The van der Waals surface area contributed by atoms with E-state index < -0.39 is 0 Å². The molecule has 4 rings (SSSR count). The molecule has 0 fully saturated rings. The molecule has 0 radical (unpaired) electrons. The molecule has 1 aliphatic carbocycles. The van der Waals surface area contributed by atoms with Crippen LogP contribution in [0, 0.1) is 0 Å². The number of hydrogen-bond donors (Lipinski definition) is 0. The molecule has 0 saturated carbocycles. The number of nitrogens with zero attached hydrogens (tertiary/aromatic N) is 1. The highest BCUT2D eigenvalue weighted by Gasteiger charge is 2.40. The number of aliphatic imine (C=N–C) groups is 1. The first-order chi connectivity index (χ1) is 8.42. The zero-order chi connectivity index (χ0) is 11.2. The van der Waals surface area contributed by atoms with Crippen LogP contribution in [-0.2, 0) is 11.2 Å². The molecule has 0 bridgehead atoms. The lowest BCUT2D eigenvalue weighted by atomic mass is 10.2. The normalized spacial score (nSPS) is 25.1. The van der Waals surface area contributed by atoms with Gasteiger partial charge < -0.3 is 4.74 Å². The second-order valence-electron chi connectivity index (χ2n) is 4.42. The minimum Gasteiger partial charge on any atom is -0.471 e. The van der Waals surface area contributed by atoms with Crippen LogP contribution in [0.5, 0.6) is 0 Å². The third-order valence-corrected chi connectivity index (χ3v) is 4.39. The van der Waals surface area contributed by atoms with E-state index in [0.717, 1.165) is 17.9 Å². The van der Waals surface area contributed by atoms with Gasteiger partial charge in [-0.2, -0.15) is 0 Å². The summed E-state index contributed by atoms with van der Waals surface area (Å²) in [5, 5.41) is 2.15. The molecule has 1 aromatic heterocycles. The Morgan fingerprint density at radius 2 is 2.06 bits per heavy atom. The minimum absolute atomic E-state index is 0.229. The van der Waals surface area contributed by atoms with Gasteiger partial charge in [0.1, 0.15) is 12.1 Å². The van der Waals surface area contributed by atoms with Crippen molar-refractivity contribution < 1.29 is 4.74 Å². The van der Waals surface area contributed by atoms with E-state index in [-0.39, 0.29) is 12.1 Å². The summed E-state index contributed by atoms with van der Waals surface area (Å²) in [6, 6.07) is 12.6. The molecule has 2 aliphatic rings. The summed E-state index contributed by atoms with van der Waals surface area (Å²) in [5.41, 5.74) is 2.50. The monoisotopic (exact) mass is 241 g/mol. The number of hydrogen-bond acceptors (Lipinski definition) is 3. The molecule has 0 N–H and O–H groups in total. The van der Waals surface area contributed by atoms with Crippen LogP contribution in [0.2, 0.25) is 0 Å². The largest absolute Gasteiger partial charge is 0.471 e. The van der Waals surface area contributed by atoms with Crippen LogP contribution in [0.15, 0.2) is 46.8 Å². The van der Waals surface area contributed by atoms with Crippen molar-refractivity contribution in [1.29, 1.82) is 0 Å². The summed E-state index contributed by atoms with van der Waals surface area (Å²) in [6.07, 6.45) is 1.23. The van der Waals surface area contributed by atoms with E-state index in [1.165, 1.54) is 10.4 Å². The molecule has 84 valence electrons. The van der Waals surface area contributed by atoms with Crippen molar-refractivity contribution in [3.63, 3.8) is 0 Å². The Morgan fingerprint density at radius 3 is 2.94 bits per heavy atom. The molecule has 0 saturated heterocycles. The first kappa shape index (κ1) is 9.42. The van der Waals surface area contributed by atoms with Crippen molar-refractivity contribution in [1.82, 2.24) is 0 Å². The molecule has 17 heavy (non-hydrogen) atoms. The quantitative estimate of drug-likeness (QED) is 0.751. The summed E-state index contributed by atoms with van der Waals surface area (Å²) < 4.78 is 5.97. The van der Waals surface area contributed by atoms with Crippen LogP contribution in [-0.4, -0.2) is 12.0 Å². The Bertz CT molecular complexity index is 587. The zero-order valence-electron chi connectivity index (χ0n) is 9.17. The van der Waals surface area contributed by atoms with E-state index in [1.807, 2.05) is 18.2 Å². The summed E-state index contributed by atoms with van der Waals surface area (Å²) >= 11 is 1.80. The van der Waals surface area contributed by atoms with Gasteiger partial charge in [-0.1, -0.05) is 18.2 Å². The predicted octanol–water partition coefficient (Wildman–Crippen LogP) is 3.19. The Hall–Kier alpha value is -1.61. The predicted molar refractivity (Wildman–Crippen MR) is 68.6 cm³/mol. The molecule has 2 nitrogen and oxygen atoms in total. The van der Waals surface area contributed by atoms with E-state index in [9.17, 15) is 0 Å². The van der Waals surface area contributed by atoms with Crippen molar-refractivity contribution in [2.75, 3.05) is 0 Å². The average molecular weight is 241 g/mol. The fourth-order valence-corrected chi connectivity index (χ4v) is 3.57. The molecule has 2 aromatic rings. The Labute approximate surface area is 104 Å². The van der Waals surface area contributed by atoms with E-state index in [4.69, 9.17) is 9.73 Å². The van der Waals surface area contributed by atoms with Gasteiger partial charge in [-0.25, -0.2) is 4.99 Å². The fourth-order valence-electron chi connectivity index (χ4n) is 2.54. The van der Waals surface area contributed by atoms with Crippen molar-refractivity contribution in [3.05, 3.63) is 57.8 Å². The van der Waals surface area contributed by atoms with Gasteiger partial charge in [-0.05, 0) is 29.1 Å². The molecule has 2 heterocycles. The molecule has 3 heteroatoms. The zero-order valence-corrected chi connectivity index (χ0v) is 9.98. The van der Waals surface area contributed by atoms with Gasteiger partial charge in [0.2, 0.25) is 5.90 Å². The SMILES string of the molecule is c1ccc(C2=N[C@H]3c4sccc4C[C@H]3O2)cc1. The fraction of sp³-hybridized carbons (Fsp3) is 0.214. The van der Waals surface area contributed by atoms with Crippen LogP contribution in [0.3, 0.4) is 0 Å². The maximum absolute atomic E-state index is 5.97. The van der Waals surface area contributed by atoms with Crippen LogP contribution in [0.4, 0.5) is 0 Å². The van der Waals surface area contributed by atoms with Crippen LogP contribution < -0.4 is 0 Å². The molecule has 2 atom stereocenters. The van der Waals surface area contributed by atoms with E-state index in [1.54, 1.807) is 11.3 Å². The van der Waals surface area contributed by atoms with E-state index >= 15 is 0 Å². The lowest BCUT2D eigenvalue weighted by molar-refractivity contribution is 0.207. The smallest absolute Gasteiger partial charge is 0.217 e. The lowest BCUT2D eigenvalue weighted by Crippen LogP contribution is -2.13. The van der Waals surface area contributed by atoms with Crippen molar-refractivity contribution in [3.8, 4) is 0 Å². The van der Waals surface area contributed by atoms with Gasteiger partial charge in [0.15, 0.2) is 0 Å². The maximum atomic E-state index is 5.97. The standard InChI is InChI=1S/C14H11NOS/c1-2-4-9(5-3-1)14-15-12-11(16-14)8-10-6-7-17-13(10)12/h1-7,11-12H,8H2/t11-,12-/m1/s1. The van der Waals surface area contributed by atoms with Crippen LogP contribution >= 0.6 is 11.3 Å². The number of ether oxygens (including phenoxy) is 1. The van der Waals surface area contributed by atoms with Gasteiger partial charge in [0.25, 0.3) is 0 Å².